The van der Waals surface area contributed by atoms with Gasteiger partial charge in [-0.25, -0.2) is 17.9 Å². The summed E-state index contributed by atoms with van der Waals surface area (Å²) in [6, 6.07) is 0.0741. The van der Waals surface area contributed by atoms with E-state index in [4.69, 9.17) is 9.47 Å². The zero-order valence-electron chi connectivity index (χ0n) is 13.3. The molecule has 1 aromatic rings. The third-order valence-electron chi connectivity index (χ3n) is 2.64. The van der Waals surface area contributed by atoms with E-state index in [0.29, 0.717) is 0 Å². The fourth-order valence-corrected chi connectivity index (χ4v) is 3.71. The Balaban J connectivity index is 2.94. The van der Waals surface area contributed by atoms with Crippen molar-refractivity contribution in [3.8, 4) is 11.8 Å². The maximum Gasteiger partial charge on any atom is 0.336 e. The third kappa shape index (κ3) is 4.90. The molecule has 1 rings (SSSR count). The van der Waals surface area contributed by atoms with Crippen LogP contribution in [0, 0.1) is 0 Å². The average Bonchev–Trinajstić information content (AvgIpc) is 2.52. The number of carbonyl (C=O) groups is 1. The second kappa shape index (κ2) is 7.59. The molecule has 0 unspecified atom stereocenters. The van der Waals surface area contributed by atoms with Crippen molar-refractivity contribution in [3.63, 3.8) is 0 Å². The van der Waals surface area contributed by atoms with Gasteiger partial charge in [0.15, 0.2) is 0 Å². The van der Waals surface area contributed by atoms with Gasteiger partial charge in [0.05, 0.1) is 26.0 Å². The largest absolute Gasteiger partial charge is 0.481 e. The Kier molecular flexibility index (Phi) is 6.28. The van der Waals surface area contributed by atoms with E-state index in [2.05, 4.69) is 9.97 Å². The van der Waals surface area contributed by atoms with Crippen LogP contribution in [0.2, 0.25) is 0 Å². The summed E-state index contributed by atoms with van der Waals surface area (Å²) < 4.78 is 58.2. The van der Waals surface area contributed by atoms with E-state index in [1.807, 2.05) is 5.32 Å². The summed E-state index contributed by atoms with van der Waals surface area (Å²) in [4.78, 5) is 19.3. The topological polar surface area (TPSA) is 157 Å². The standard InChI is InChI=1S/C10H17N5O7S2/c1-5-23(17,18)15(2)24(19,20)14-10(16)13-9-11-7(21-3)6-8(12-9)22-4/h6H,5H2,1-4H3,(H2,11,12,13,14,16). The Morgan fingerprint density at radius 1 is 1.17 bits per heavy atom. The minimum absolute atomic E-state index is 0.0608. The molecule has 0 aromatic carbocycles. The van der Waals surface area contributed by atoms with Crippen LogP contribution in [0.5, 0.6) is 11.8 Å². The van der Waals surface area contributed by atoms with Crippen molar-refractivity contribution in [1.82, 2.24) is 18.4 Å². The summed E-state index contributed by atoms with van der Waals surface area (Å²) in [6.45, 7) is 1.26. The van der Waals surface area contributed by atoms with Gasteiger partial charge in [-0.05, 0) is 6.92 Å². The van der Waals surface area contributed by atoms with Crippen LogP contribution in [0.1, 0.15) is 6.92 Å². The van der Waals surface area contributed by atoms with Crippen molar-refractivity contribution in [1.29, 1.82) is 0 Å². The summed E-state index contributed by atoms with van der Waals surface area (Å²) in [5.41, 5.74) is 0. The number of anilines is 1. The minimum Gasteiger partial charge on any atom is -0.481 e. The Hall–Kier alpha value is -2.19. The lowest BCUT2D eigenvalue weighted by atomic mass is 10.6. The van der Waals surface area contributed by atoms with Crippen molar-refractivity contribution in [2.75, 3.05) is 32.3 Å². The molecule has 0 aliphatic heterocycles. The number of urea groups is 1. The lowest BCUT2D eigenvalue weighted by Crippen LogP contribution is -2.46. The fraction of sp³-hybridized carbons (Fsp3) is 0.500. The number of ether oxygens (including phenoxy) is 2. The Morgan fingerprint density at radius 3 is 2.08 bits per heavy atom. The smallest absolute Gasteiger partial charge is 0.336 e. The van der Waals surface area contributed by atoms with E-state index in [1.54, 1.807) is 0 Å². The molecule has 0 atom stereocenters. The quantitative estimate of drug-likeness (QED) is 0.611. The highest BCUT2D eigenvalue weighted by Gasteiger charge is 2.30. The van der Waals surface area contributed by atoms with Crippen LogP contribution in [0.4, 0.5) is 10.7 Å². The van der Waals surface area contributed by atoms with Gasteiger partial charge in [0.2, 0.25) is 27.7 Å². The number of carbonyl (C=O) groups excluding carboxylic acids is 1. The highest BCUT2D eigenvalue weighted by molar-refractivity contribution is 8.03. The van der Waals surface area contributed by atoms with Crippen LogP contribution < -0.4 is 19.5 Å². The lowest BCUT2D eigenvalue weighted by Gasteiger charge is -2.16. The molecule has 0 radical (unpaired) electrons. The zero-order valence-corrected chi connectivity index (χ0v) is 14.9. The zero-order chi connectivity index (χ0) is 18.5. The number of hydrogen-bond acceptors (Lipinski definition) is 9. The normalized spacial score (nSPS) is 11.9. The molecule has 1 heterocycles. The number of sulfonamides is 1. The molecule has 12 nitrogen and oxygen atoms in total. The van der Waals surface area contributed by atoms with Crippen molar-refractivity contribution < 1.29 is 31.1 Å². The predicted molar refractivity (Wildman–Crippen MR) is 83.4 cm³/mol. The second-order valence-corrected chi connectivity index (χ2v) is 8.34. The fourth-order valence-electron chi connectivity index (χ4n) is 1.31. The number of rotatable bonds is 7. The van der Waals surface area contributed by atoms with Gasteiger partial charge in [-0.15, -0.1) is 0 Å². The summed E-state index contributed by atoms with van der Waals surface area (Å²) >= 11 is 0. The number of nitrogens with zero attached hydrogens (tertiary/aromatic N) is 3. The molecular formula is C10H17N5O7S2. The molecule has 136 valence electrons. The van der Waals surface area contributed by atoms with Crippen LogP contribution in [-0.2, 0) is 20.2 Å². The predicted octanol–water partition coefficient (Wildman–Crippen LogP) is -0.858. The van der Waals surface area contributed by atoms with E-state index in [0.717, 1.165) is 7.05 Å². The van der Waals surface area contributed by atoms with Crippen LogP contribution >= 0.6 is 0 Å². The average molecular weight is 383 g/mol. The Labute approximate surface area is 139 Å². The molecule has 0 fully saturated rings. The molecule has 0 saturated heterocycles. The number of amides is 2. The van der Waals surface area contributed by atoms with Gasteiger partial charge < -0.3 is 9.47 Å². The Bertz CT molecular complexity index is 787. The molecule has 1 aromatic heterocycles. The summed E-state index contributed by atoms with van der Waals surface area (Å²) in [6.07, 6.45) is 0. The van der Waals surface area contributed by atoms with Gasteiger partial charge >= 0.3 is 16.2 Å². The maximum absolute atomic E-state index is 11.9. The van der Waals surface area contributed by atoms with Gasteiger partial charge in [-0.3, -0.25) is 5.32 Å². The molecule has 14 heteroatoms. The second-order valence-electron chi connectivity index (χ2n) is 4.12. The van der Waals surface area contributed by atoms with Crippen LogP contribution in [0.15, 0.2) is 6.07 Å². The van der Waals surface area contributed by atoms with Gasteiger partial charge in [0, 0.05) is 7.05 Å². The highest BCUT2D eigenvalue weighted by atomic mass is 32.3. The first kappa shape index (κ1) is 19.9. The monoisotopic (exact) mass is 383 g/mol. The number of hydrogen-bond donors (Lipinski definition) is 2. The lowest BCUT2D eigenvalue weighted by molar-refractivity contribution is 0.256. The van der Waals surface area contributed by atoms with Crippen molar-refractivity contribution >= 4 is 32.2 Å². The molecule has 2 amide bonds. The molecular weight excluding hydrogens is 366 g/mol. The van der Waals surface area contributed by atoms with Gasteiger partial charge in [0.1, 0.15) is 0 Å². The van der Waals surface area contributed by atoms with E-state index in [-0.39, 0.29) is 21.4 Å². The van der Waals surface area contributed by atoms with E-state index < -0.39 is 32.0 Å². The highest BCUT2D eigenvalue weighted by Crippen LogP contribution is 2.17. The first-order chi connectivity index (χ1) is 11.1. The number of nitrogens with one attached hydrogen (secondary N) is 2. The van der Waals surface area contributed by atoms with Crippen LogP contribution in [0.25, 0.3) is 0 Å². The van der Waals surface area contributed by atoms with Gasteiger partial charge in [-0.1, -0.05) is 3.71 Å². The molecule has 2 N–H and O–H groups in total. The maximum atomic E-state index is 11.9. The summed E-state index contributed by atoms with van der Waals surface area (Å²) in [5.74, 6) is -0.640. The SMILES string of the molecule is CCS(=O)(=O)N(C)S(=O)(=O)NC(=O)Nc1nc(OC)cc(OC)n1. The van der Waals surface area contributed by atoms with E-state index in [9.17, 15) is 21.6 Å². The number of aromatic nitrogens is 2. The Morgan fingerprint density at radius 2 is 1.67 bits per heavy atom. The molecule has 24 heavy (non-hydrogen) atoms. The number of methoxy groups -OCH3 is 2. The van der Waals surface area contributed by atoms with Gasteiger partial charge in [0.25, 0.3) is 0 Å². The molecule has 0 saturated carbocycles. The molecule has 0 bridgehead atoms. The van der Waals surface area contributed by atoms with Crippen molar-refractivity contribution in [2.45, 2.75) is 6.92 Å². The minimum atomic E-state index is -4.62. The molecule has 0 aliphatic carbocycles. The van der Waals surface area contributed by atoms with Gasteiger partial charge in [-0.2, -0.15) is 18.4 Å². The van der Waals surface area contributed by atoms with E-state index in [1.165, 1.54) is 31.9 Å². The van der Waals surface area contributed by atoms with Crippen LogP contribution in [-0.4, -0.2) is 63.6 Å². The summed E-state index contributed by atoms with van der Waals surface area (Å²) in [7, 11) is -5.23. The van der Waals surface area contributed by atoms with Crippen LogP contribution in [0.3, 0.4) is 0 Å². The first-order valence-corrected chi connectivity index (χ1v) is 9.38. The molecule has 0 aliphatic rings. The van der Waals surface area contributed by atoms with E-state index >= 15 is 0 Å². The summed E-state index contributed by atoms with van der Waals surface area (Å²) in [5, 5.41) is 2.04. The van der Waals surface area contributed by atoms with Crippen molar-refractivity contribution in [2.24, 2.45) is 0 Å². The molecule has 0 spiro atoms. The first-order valence-electron chi connectivity index (χ1n) is 6.33. The van der Waals surface area contributed by atoms with Crippen molar-refractivity contribution in [3.05, 3.63) is 6.07 Å². The third-order valence-corrected chi connectivity index (χ3v) is 6.54.